The Bertz CT molecular complexity index is 661. The summed E-state index contributed by atoms with van der Waals surface area (Å²) >= 11 is 1.83. The van der Waals surface area contributed by atoms with Gasteiger partial charge in [0.25, 0.3) is 0 Å². The Hall–Kier alpha value is -1.81. The number of aryl methyl sites for hydroxylation is 1. The highest BCUT2D eigenvalue weighted by Crippen LogP contribution is 2.44. The maximum absolute atomic E-state index is 11.4. The zero-order valence-electron chi connectivity index (χ0n) is 11.8. The second kappa shape index (κ2) is 5.19. The van der Waals surface area contributed by atoms with Gasteiger partial charge in [0.2, 0.25) is 5.91 Å². The monoisotopic (exact) mass is 298 g/mol. The summed E-state index contributed by atoms with van der Waals surface area (Å²) in [6.45, 7) is 0. The number of hydrogen-bond donors (Lipinski definition) is 2. The molecule has 1 aromatic heterocycles. The van der Waals surface area contributed by atoms with Crippen molar-refractivity contribution in [1.82, 2.24) is 0 Å². The second-order valence-electron chi connectivity index (χ2n) is 5.89. The fourth-order valence-corrected chi connectivity index (χ4v) is 3.84. The number of hydrogen-bond acceptors (Lipinski definition) is 3. The van der Waals surface area contributed by atoms with Crippen LogP contribution in [0.15, 0.2) is 35.7 Å². The molecule has 1 unspecified atom stereocenters. The van der Waals surface area contributed by atoms with Gasteiger partial charge in [-0.15, -0.1) is 11.3 Å². The third-order valence-electron chi connectivity index (χ3n) is 4.27. The van der Waals surface area contributed by atoms with E-state index >= 15 is 0 Å². The molecular formula is C17H18N2OS. The molecule has 1 aromatic carbocycles. The summed E-state index contributed by atoms with van der Waals surface area (Å²) in [5.41, 5.74) is 3.37. The first kappa shape index (κ1) is 12.9. The summed E-state index contributed by atoms with van der Waals surface area (Å²) in [5, 5.41) is 8.79. The molecule has 4 heteroatoms. The van der Waals surface area contributed by atoms with Crippen LogP contribution in [0, 0.1) is 5.92 Å². The van der Waals surface area contributed by atoms with E-state index in [0.29, 0.717) is 12.5 Å². The molecule has 0 spiro atoms. The van der Waals surface area contributed by atoms with Gasteiger partial charge in [0.05, 0.1) is 6.04 Å². The smallest absolute Gasteiger partial charge is 0.224 e. The van der Waals surface area contributed by atoms with Crippen molar-refractivity contribution < 1.29 is 4.79 Å². The molecule has 2 N–H and O–H groups in total. The molecular weight excluding hydrogens is 280 g/mol. The molecule has 1 aliphatic carbocycles. The van der Waals surface area contributed by atoms with Crippen molar-refractivity contribution in [2.45, 2.75) is 31.7 Å². The van der Waals surface area contributed by atoms with Crippen LogP contribution in [-0.2, 0) is 11.2 Å². The summed E-state index contributed by atoms with van der Waals surface area (Å²) < 4.78 is 0. The molecule has 1 atom stereocenters. The van der Waals surface area contributed by atoms with Crippen LogP contribution in [0.3, 0.4) is 0 Å². The minimum atomic E-state index is 0.123. The molecule has 3 nitrogen and oxygen atoms in total. The predicted molar refractivity (Wildman–Crippen MR) is 86.8 cm³/mol. The molecule has 21 heavy (non-hydrogen) atoms. The van der Waals surface area contributed by atoms with Crippen molar-refractivity contribution in [3.63, 3.8) is 0 Å². The van der Waals surface area contributed by atoms with Gasteiger partial charge in [-0.2, -0.15) is 0 Å². The van der Waals surface area contributed by atoms with Crippen LogP contribution >= 0.6 is 11.3 Å². The quantitative estimate of drug-likeness (QED) is 0.888. The van der Waals surface area contributed by atoms with E-state index in [4.69, 9.17) is 0 Å². The van der Waals surface area contributed by atoms with Gasteiger partial charge in [-0.3, -0.25) is 4.79 Å². The number of fused-ring (bicyclic) bond motifs is 1. The molecule has 2 heterocycles. The first-order chi connectivity index (χ1) is 10.3. The van der Waals surface area contributed by atoms with Crippen molar-refractivity contribution in [3.8, 4) is 0 Å². The summed E-state index contributed by atoms with van der Waals surface area (Å²) in [6, 6.07) is 11.1. The van der Waals surface area contributed by atoms with E-state index in [1.165, 1.54) is 23.3 Å². The molecule has 0 bridgehead atoms. The highest BCUT2D eigenvalue weighted by atomic mass is 32.1. The van der Waals surface area contributed by atoms with Crippen molar-refractivity contribution in [1.29, 1.82) is 0 Å². The van der Waals surface area contributed by atoms with Gasteiger partial charge in [0.1, 0.15) is 0 Å². The van der Waals surface area contributed by atoms with Crippen LogP contribution in [0.1, 0.15) is 35.7 Å². The van der Waals surface area contributed by atoms with Crippen molar-refractivity contribution >= 4 is 28.6 Å². The van der Waals surface area contributed by atoms with Gasteiger partial charge < -0.3 is 10.6 Å². The Labute approximate surface area is 128 Å². The van der Waals surface area contributed by atoms with Crippen LogP contribution < -0.4 is 10.6 Å². The molecule has 1 fully saturated rings. The Morgan fingerprint density at radius 2 is 2.14 bits per heavy atom. The van der Waals surface area contributed by atoms with Gasteiger partial charge >= 0.3 is 0 Å². The second-order valence-corrected chi connectivity index (χ2v) is 6.87. The van der Waals surface area contributed by atoms with Crippen molar-refractivity contribution in [2.75, 3.05) is 10.6 Å². The molecule has 0 saturated heterocycles. The van der Waals surface area contributed by atoms with Crippen LogP contribution in [0.2, 0.25) is 0 Å². The number of benzene rings is 1. The van der Waals surface area contributed by atoms with E-state index < -0.39 is 0 Å². The summed E-state index contributed by atoms with van der Waals surface area (Å²) in [4.78, 5) is 12.8. The zero-order valence-corrected chi connectivity index (χ0v) is 12.6. The molecule has 108 valence electrons. The predicted octanol–water partition coefficient (Wildman–Crippen LogP) is 4.20. The number of amides is 1. The van der Waals surface area contributed by atoms with E-state index in [2.05, 4.69) is 40.3 Å². The molecule has 2 aliphatic rings. The minimum Gasteiger partial charge on any atom is -0.377 e. The Kier molecular flexibility index (Phi) is 3.19. The molecule has 1 amide bonds. The van der Waals surface area contributed by atoms with Crippen LogP contribution in [0.4, 0.5) is 11.4 Å². The van der Waals surface area contributed by atoms with E-state index in [1.54, 1.807) is 0 Å². The fraction of sp³-hybridized carbons (Fsp3) is 0.353. The topological polar surface area (TPSA) is 41.1 Å². The first-order valence-electron chi connectivity index (χ1n) is 7.52. The lowest BCUT2D eigenvalue weighted by molar-refractivity contribution is -0.116. The van der Waals surface area contributed by atoms with Gasteiger partial charge in [0, 0.05) is 22.7 Å². The largest absolute Gasteiger partial charge is 0.377 e. The molecule has 1 aliphatic heterocycles. The van der Waals surface area contributed by atoms with Crippen molar-refractivity contribution in [2.24, 2.45) is 5.92 Å². The lowest BCUT2D eigenvalue weighted by Crippen LogP contribution is -2.19. The normalized spacial score (nSPS) is 18.8. The Morgan fingerprint density at radius 3 is 2.90 bits per heavy atom. The van der Waals surface area contributed by atoms with E-state index in [0.717, 1.165) is 23.7 Å². The Morgan fingerprint density at radius 1 is 1.24 bits per heavy atom. The number of rotatable bonds is 4. The van der Waals surface area contributed by atoms with Crippen LogP contribution in [0.5, 0.6) is 0 Å². The molecule has 0 radical (unpaired) electrons. The highest BCUT2D eigenvalue weighted by Gasteiger charge is 2.33. The van der Waals surface area contributed by atoms with Gasteiger partial charge in [-0.1, -0.05) is 6.07 Å². The summed E-state index contributed by atoms with van der Waals surface area (Å²) in [5.74, 6) is 0.886. The van der Waals surface area contributed by atoms with E-state index in [1.807, 2.05) is 17.4 Å². The number of thiophene rings is 1. The average molecular weight is 298 g/mol. The van der Waals surface area contributed by atoms with E-state index in [9.17, 15) is 4.79 Å². The van der Waals surface area contributed by atoms with Gasteiger partial charge in [-0.25, -0.2) is 0 Å². The standard InChI is InChI=1S/C17H18N2OS/c20-16-8-5-12-10-13(6-7-14(12)19-16)18-17(11-3-4-11)15-2-1-9-21-15/h1-2,6-7,9-11,17-18H,3-5,8H2,(H,19,20). The number of carbonyl (C=O) groups excluding carboxylic acids is 1. The van der Waals surface area contributed by atoms with Gasteiger partial charge in [0.15, 0.2) is 0 Å². The third-order valence-corrected chi connectivity index (χ3v) is 5.22. The summed E-state index contributed by atoms with van der Waals surface area (Å²) in [7, 11) is 0. The molecule has 2 aromatic rings. The highest BCUT2D eigenvalue weighted by molar-refractivity contribution is 7.10. The number of carbonyl (C=O) groups is 1. The van der Waals surface area contributed by atoms with Crippen LogP contribution in [0.25, 0.3) is 0 Å². The minimum absolute atomic E-state index is 0.123. The SMILES string of the molecule is O=C1CCc2cc(NC(c3cccs3)C3CC3)ccc2N1. The zero-order chi connectivity index (χ0) is 14.2. The average Bonchev–Trinajstić information content (AvgIpc) is 3.19. The Balaban J connectivity index is 1.57. The molecule has 1 saturated carbocycles. The van der Waals surface area contributed by atoms with Crippen LogP contribution in [-0.4, -0.2) is 5.91 Å². The third kappa shape index (κ3) is 2.68. The number of nitrogens with one attached hydrogen (secondary N) is 2. The lowest BCUT2D eigenvalue weighted by atomic mass is 10.0. The van der Waals surface area contributed by atoms with Crippen molar-refractivity contribution in [3.05, 3.63) is 46.2 Å². The first-order valence-corrected chi connectivity index (χ1v) is 8.40. The lowest BCUT2D eigenvalue weighted by Gasteiger charge is -2.21. The molecule has 4 rings (SSSR count). The number of anilines is 2. The maximum atomic E-state index is 11.4. The van der Waals surface area contributed by atoms with Gasteiger partial charge in [-0.05, 0) is 60.4 Å². The van der Waals surface area contributed by atoms with E-state index in [-0.39, 0.29) is 5.91 Å². The summed E-state index contributed by atoms with van der Waals surface area (Å²) in [6.07, 6.45) is 4.06. The fourth-order valence-electron chi connectivity index (χ4n) is 2.97. The maximum Gasteiger partial charge on any atom is 0.224 e.